The fraction of sp³-hybridized carbons (Fsp3) is 0.500. The minimum atomic E-state index is -0.244. The van der Waals surface area contributed by atoms with E-state index in [1.807, 2.05) is 12.1 Å². The Bertz CT molecular complexity index is 628. The van der Waals surface area contributed by atoms with Gasteiger partial charge in [0.15, 0.2) is 0 Å². The predicted octanol–water partition coefficient (Wildman–Crippen LogP) is 2.36. The molecule has 3 heterocycles. The number of carbonyl (C=O) groups excluding carboxylic acids is 1. The van der Waals surface area contributed by atoms with E-state index in [0.29, 0.717) is 12.2 Å². The van der Waals surface area contributed by atoms with Crippen LogP contribution in [0.5, 0.6) is 5.75 Å². The highest BCUT2D eigenvalue weighted by Crippen LogP contribution is 2.40. The number of allylic oxidation sites excluding steroid dienone is 1. The standard InChI is InChI=1S/C18H21NO3/c20-14-3-1-13-2-4-15(16(13)11-14)17(21)22-12-18-5-8-19(9-6-18)10-7-18/h1,3-4,11,20H,2,5-10,12H2. The summed E-state index contributed by atoms with van der Waals surface area (Å²) in [4.78, 5) is 14.9. The van der Waals surface area contributed by atoms with Crippen LogP contribution in [0.1, 0.15) is 30.4 Å². The summed E-state index contributed by atoms with van der Waals surface area (Å²) in [6, 6.07) is 5.19. The molecule has 3 fully saturated rings. The molecule has 1 aliphatic carbocycles. The Morgan fingerprint density at radius 1 is 1.23 bits per heavy atom. The van der Waals surface area contributed by atoms with Gasteiger partial charge in [0.25, 0.3) is 0 Å². The number of aromatic hydroxyl groups is 1. The number of hydrogen-bond donors (Lipinski definition) is 1. The van der Waals surface area contributed by atoms with E-state index < -0.39 is 0 Å². The molecule has 22 heavy (non-hydrogen) atoms. The normalized spacial score (nSPS) is 29.1. The van der Waals surface area contributed by atoms with Crippen LogP contribution in [-0.4, -0.2) is 42.2 Å². The van der Waals surface area contributed by atoms with E-state index in [0.717, 1.165) is 56.4 Å². The lowest BCUT2D eigenvalue weighted by Crippen LogP contribution is -2.50. The van der Waals surface area contributed by atoms with Crippen molar-refractivity contribution in [3.63, 3.8) is 0 Å². The van der Waals surface area contributed by atoms with Crippen LogP contribution in [0, 0.1) is 5.41 Å². The lowest BCUT2D eigenvalue weighted by atomic mass is 9.73. The van der Waals surface area contributed by atoms with Gasteiger partial charge < -0.3 is 14.7 Å². The fourth-order valence-electron chi connectivity index (χ4n) is 3.92. The van der Waals surface area contributed by atoms with Crippen LogP contribution in [0.15, 0.2) is 24.3 Å². The van der Waals surface area contributed by atoms with Crippen LogP contribution in [0.25, 0.3) is 5.57 Å². The minimum Gasteiger partial charge on any atom is -0.508 e. The molecule has 1 aromatic carbocycles. The third-order valence-corrected chi connectivity index (χ3v) is 5.51. The maximum Gasteiger partial charge on any atom is 0.338 e. The summed E-state index contributed by atoms with van der Waals surface area (Å²) in [5.74, 6) is -0.0516. The SMILES string of the molecule is O=C(OCC12CCN(CC1)CC2)C1=CCc2ccc(O)cc21. The lowest BCUT2D eigenvalue weighted by Gasteiger charge is -2.47. The molecule has 3 saturated heterocycles. The van der Waals surface area contributed by atoms with Crippen molar-refractivity contribution >= 4 is 11.5 Å². The van der Waals surface area contributed by atoms with Gasteiger partial charge in [0.05, 0.1) is 12.2 Å². The van der Waals surface area contributed by atoms with Crippen LogP contribution in [0.2, 0.25) is 0 Å². The molecule has 3 aliphatic heterocycles. The Morgan fingerprint density at radius 3 is 2.68 bits per heavy atom. The average molecular weight is 299 g/mol. The second-order valence-corrected chi connectivity index (χ2v) is 6.83. The summed E-state index contributed by atoms with van der Waals surface area (Å²) in [7, 11) is 0. The number of esters is 1. The van der Waals surface area contributed by atoms with Crippen molar-refractivity contribution in [2.45, 2.75) is 25.7 Å². The van der Waals surface area contributed by atoms with Gasteiger partial charge in [0.1, 0.15) is 5.75 Å². The predicted molar refractivity (Wildman–Crippen MR) is 83.5 cm³/mol. The number of hydrogen-bond acceptors (Lipinski definition) is 4. The lowest BCUT2D eigenvalue weighted by molar-refractivity contribution is -0.143. The van der Waals surface area contributed by atoms with Crippen LogP contribution < -0.4 is 0 Å². The van der Waals surface area contributed by atoms with Gasteiger partial charge in [-0.3, -0.25) is 0 Å². The average Bonchev–Trinajstić information content (AvgIpc) is 2.97. The van der Waals surface area contributed by atoms with E-state index in [9.17, 15) is 9.90 Å². The zero-order chi connectivity index (χ0) is 15.2. The molecule has 0 saturated carbocycles. The van der Waals surface area contributed by atoms with Crippen molar-refractivity contribution in [3.05, 3.63) is 35.4 Å². The Labute approximate surface area is 130 Å². The Kier molecular flexibility index (Phi) is 3.22. The number of carbonyl (C=O) groups is 1. The highest BCUT2D eigenvalue weighted by molar-refractivity contribution is 6.18. The smallest absolute Gasteiger partial charge is 0.338 e. The van der Waals surface area contributed by atoms with Crippen molar-refractivity contribution < 1.29 is 14.6 Å². The zero-order valence-corrected chi connectivity index (χ0v) is 12.7. The molecule has 4 heteroatoms. The molecule has 0 atom stereocenters. The molecule has 0 spiro atoms. The Balaban J connectivity index is 1.45. The summed E-state index contributed by atoms with van der Waals surface area (Å²) in [5, 5.41) is 9.63. The highest BCUT2D eigenvalue weighted by Gasteiger charge is 2.40. The van der Waals surface area contributed by atoms with Crippen molar-refractivity contribution in [2.75, 3.05) is 26.2 Å². The number of rotatable bonds is 3. The minimum absolute atomic E-state index is 0.192. The molecule has 5 rings (SSSR count). The van der Waals surface area contributed by atoms with Crippen molar-refractivity contribution in [1.29, 1.82) is 0 Å². The van der Waals surface area contributed by atoms with Gasteiger partial charge in [-0.1, -0.05) is 12.1 Å². The molecular formula is C18H21NO3. The van der Waals surface area contributed by atoms with Crippen LogP contribution >= 0.6 is 0 Å². The second-order valence-electron chi connectivity index (χ2n) is 6.83. The maximum atomic E-state index is 12.5. The number of phenols is 1. The highest BCUT2D eigenvalue weighted by atomic mass is 16.5. The first-order valence-electron chi connectivity index (χ1n) is 8.07. The first-order chi connectivity index (χ1) is 10.7. The summed E-state index contributed by atoms with van der Waals surface area (Å²) >= 11 is 0. The van der Waals surface area contributed by atoms with E-state index in [4.69, 9.17) is 4.74 Å². The molecule has 1 N–H and O–H groups in total. The quantitative estimate of drug-likeness (QED) is 0.871. The summed E-state index contributed by atoms with van der Waals surface area (Å²) in [6.45, 7) is 3.94. The number of ether oxygens (including phenoxy) is 1. The first-order valence-corrected chi connectivity index (χ1v) is 8.07. The van der Waals surface area contributed by atoms with Crippen LogP contribution in [-0.2, 0) is 16.0 Å². The van der Waals surface area contributed by atoms with Crippen LogP contribution in [0.3, 0.4) is 0 Å². The molecule has 0 amide bonds. The molecule has 2 bridgehead atoms. The number of phenolic OH excluding ortho intramolecular Hbond substituents is 1. The molecule has 4 aliphatic rings. The van der Waals surface area contributed by atoms with Gasteiger partial charge in [0.2, 0.25) is 0 Å². The van der Waals surface area contributed by atoms with E-state index >= 15 is 0 Å². The van der Waals surface area contributed by atoms with Gasteiger partial charge in [0, 0.05) is 5.41 Å². The summed E-state index contributed by atoms with van der Waals surface area (Å²) in [6.07, 6.45) is 6.05. The third kappa shape index (κ3) is 2.31. The summed E-state index contributed by atoms with van der Waals surface area (Å²) in [5.41, 5.74) is 2.70. The first kappa shape index (κ1) is 13.8. The van der Waals surface area contributed by atoms with E-state index in [2.05, 4.69) is 4.90 Å². The number of nitrogens with zero attached hydrogens (tertiary/aromatic N) is 1. The van der Waals surface area contributed by atoms with Crippen molar-refractivity contribution in [2.24, 2.45) is 5.41 Å². The van der Waals surface area contributed by atoms with Crippen molar-refractivity contribution in [1.82, 2.24) is 4.90 Å². The monoisotopic (exact) mass is 299 g/mol. The van der Waals surface area contributed by atoms with Crippen LogP contribution in [0.4, 0.5) is 0 Å². The molecular weight excluding hydrogens is 278 g/mol. The fourth-order valence-corrected chi connectivity index (χ4v) is 3.92. The molecule has 1 aromatic rings. The topological polar surface area (TPSA) is 49.8 Å². The second kappa shape index (κ2) is 5.13. The largest absolute Gasteiger partial charge is 0.508 e. The van der Waals surface area contributed by atoms with E-state index in [-0.39, 0.29) is 17.1 Å². The Hall–Kier alpha value is -1.81. The molecule has 0 radical (unpaired) electrons. The summed E-state index contributed by atoms with van der Waals surface area (Å²) < 4.78 is 5.67. The van der Waals surface area contributed by atoms with Crippen molar-refractivity contribution in [3.8, 4) is 5.75 Å². The third-order valence-electron chi connectivity index (χ3n) is 5.51. The van der Waals surface area contributed by atoms with Gasteiger partial charge in [-0.2, -0.15) is 0 Å². The molecule has 4 nitrogen and oxygen atoms in total. The van der Waals surface area contributed by atoms with Gasteiger partial charge in [-0.25, -0.2) is 4.79 Å². The zero-order valence-electron chi connectivity index (χ0n) is 12.7. The van der Waals surface area contributed by atoms with Gasteiger partial charge >= 0.3 is 5.97 Å². The maximum absolute atomic E-state index is 12.5. The number of fused-ring (bicyclic) bond motifs is 4. The van der Waals surface area contributed by atoms with E-state index in [1.165, 1.54) is 0 Å². The molecule has 0 unspecified atom stereocenters. The van der Waals surface area contributed by atoms with E-state index in [1.54, 1.807) is 12.1 Å². The molecule has 116 valence electrons. The Morgan fingerprint density at radius 2 is 1.95 bits per heavy atom. The molecule has 0 aromatic heterocycles. The number of piperidine rings is 3. The van der Waals surface area contributed by atoms with Gasteiger partial charge in [-0.15, -0.1) is 0 Å². The van der Waals surface area contributed by atoms with Gasteiger partial charge in [-0.05, 0) is 68.6 Å². The number of benzene rings is 1.